The molecular formula is C10H21NO3S. The topological polar surface area (TPSA) is 63.2 Å². The van der Waals surface area contributed by atoms with Gasteiger partial charge >= 0.3 is 0 Å². The van der Waals surface area contributed by atoms with E-state index in [0.717, 1.165) is 0 Å². The molecule has 1 amide bonds. The van der Waals surface area contributed by atoms with E-state index < -0.39 is 15.3 Å². The van der Waals surface area contributed by atoms with Crippen molar-refractivity contribution in [1.82, 2.24) is 5.32 Å². The summed E-state index contributed by atoms with van der Waals surface area (Å²) in [6.07, 6.45) is 1.21. The highest BCUT2D eigenvalue weighted by Crippen LogP contribution is 2.16. The van der Waals surface area contributed by atoms with Crippen molar-refractivity contribution in [2.45, 2.75) is 27.7 Å². The molecule has 0 saturated heterocycles. The van der Waals surface area contributed by atoms with Crippen molar-refractivity contribution in [3.63, 3.8) is 0 Å². The van der Waals surface area contributed by atoms with Crippen LogP contribution in [-0.2, 0) is 14.6 Å². The highest BCUT2D eigenvalue weighted by Gasteiger charge is 2.24. The lowest BCUT2D eigenvalue weighted by molar-refractivity contribution is -0.124. The van der Waals surface area contributed by atoms with Crippen LogP contribution in [0.2, 0.25) is 0 Å². The molecule has 90 valence electrons. The van der Waals surface area contributed by atoms with E-state index in [9.17, 15) is 13.2 Å². The summed E-state index contributed by atoms with van der Waals surface area (Å²) in [4.78, 5) is 11.3. The molecule has 0 unspecified atom stereocenters. The van der Waals surface area contributed by atoms with E-state index in [-0.39, 0.29) is 17.6 Å². The molecule has 0 aliphatic carbocycles. The van der Waals surface area contributed by atoms with Crippen LogP contribution in [0.1, 0.15) is 27.7 Å². The minimum absolute atomic E-state index is 0.0448. The number of carbonyl (C=O) groups excluding carboxylic acids is 1. The lowest BCUT2D eigenvalue weighted by atomic mass is 9.96. The molecular weight excluding hydrogens is 214 g/mol. The van der Waals surface area contributed by atoms with E-state index in [1.165, 1.54) is 6.26 Å². The molecule has 0 spiro atoms. The van der Waals surface area contributed by atoms with Gasteiger partial charge in [-0.25, -0.2) is 8.42 Å². The number of hydrogen-bond donors (Lipinski definition) is 1. The van der Waals surface area contributed by atoms with Crippen LogP contribution >= 0.6 is 0 Å². The summed E-state index contributed by atoms with van der Waals surface area (Å²) < 4.78 is 22.2. The van der Waals surface area contributed by atoms with Gasteiger partial charge in [-0.05, 0) is 5.41 Å². The number of rotatable bonds is 5. The fourth-order valence-electron chi connectivity index (χ4n) is 1.29. The second-order valence-corrected chi connectivity index (χ2v) is 7.25. The Hall–Kier alpha value is -0.580. The van der Waals surface area contributed by atoms with E-state index in [2.05, 4.69) is 5.32 Å². The zero-order valence-corrected chi connectivity index (χ0v) is 10.9. The Morgan fingerprint density at radius 1 is 1.33 bits per heavy atom. The highest BCUT2D eigenvalue weighted by atomic mass is 32.2. The molecule has 5 heteroatoms. The molecule has 0 radical (unpaired) electrons. The van der Waals surface area contributed by atoms with Gasteiger partial charge < -0.3 is 5.32 Å². The minimum Gasteiger partial charge on any atom is -0.355 e. The molecule has 0 aliphatic rings. The second kappa shape index (κ2) is 4.96. The van der Waals surface area contributed by atoms with E-state index in [4.69, 9.17) is 0 Å². The Labute approximate surface area is 92.4 Å². The third-order valence-electron chi connectivity index (χ3n) is 1.92. The van der Waals surface area contributed by atoms with Crippen LogP contribution in [0.5, 0.6) is 0 Å². The summed E-state index contributed by atoms with van der Waals surface area (Å²) >= 11 is 0. The predicted molar refractivity (Wildman–Crippen MR) is 61.3 cm³/mol. The fourth-order valence-corrected chi connectivity index (χ4v) is 2.81. The number of hydrogen-bond acceptors (Lipinski definition) is 3. The first-order chi connectivity index (χ1) is 6.53. The van der Waals surface area contributed by atoms with Crippen LogP contribution in [0.25, 0.3) is 0 Å². The summed E-state index contributed by atoms with van der Waals surface area (Å²) in [6, 6.07) is 0. The summed E-state index contributed by atoms with van der Waals surface area (Å²) in [7, 11) is -3.00. The van der Waals surface area contributed by atoms with Crippen molar-refractivity contribution < 1.29 is 13.2 Å². The molecule has 0 fully saturated rings. The highest BCUT2D eigenvalue weighted by molar-refractivity contribution is 7.90. The van der Waals surface area contributed by atoms with Gasteiger partial charge in [-0.15, -0.1) is 0 Å². The average Bonchev–Trinajstić information content (AvgIpc) is 1.95. The van der Waals surface area contributed by atoms with Gasteiger partial charge in [0.15, 0.2) is 0 Å². The summed E-state index contributed by atoms with van der Waals surface area (Å²) in [5.74, 6) is -0.0335. The van der Waals surface area contributed by atoms with Crippen LogP contribution in [0.15, 0.2) is 0 Å². The van der Waals surface area contributed by atoms with E-state index in [1.807, 2.05) is 13.8 Å². The zero-order valence-electron chi connectivity index (χ0n) is 10.1. The molecule has 4 nitrogen and oxygen atoms in total. The van der Waals surface area contributed by atoms with E-state index in [0.29, 0.717) is 6.54 Å². The predicted octanol–water partition coefficient (Wildman–Crippen LogP) is 0.829. The maximum Gasteiger partial charge on any atom is 0.222 e. The number of carbonyl (C=O) groups is 1. The first kappa shape index (κ1) is 14.4. The quantitative estimate of drug-likeness (QED) is 0.767. The van der Waals surface area contributed by atoms with Crippen molar-refractivity contribution in [2.75, 3.05) is 18.6 Å². The second-order valence-electron chi connectivity index (χ2n) is 5.11. The molecule has 0 heterocycles. The van der Waals surface area contributed by atoms with Crippen LogP contribution in [0, 0.1) is 11.3 Å². The normalized spacial score (nSPS) is 12.9. The Kier molecular flexibility index (Phi) is 4.77. The van der Waals surface area contributed by atoms with E-state index >= 15 is 0 Å². The van der Waals surface area contributed by atoms with Crippen molar-refractivity contribution in [2.24, 2.45) is 11.3 Å². The maximum atomic E-state index is 11.3. The molecule has 0 aromatic rings. The van der Waals surface area contributed by atoms with Crippen LogP contribution in [-0.4, -0.2) is 32.9 Å². The SMILES string of the molecule is CC(C)C(=O)NCC(C)(C)CS(C)(=O)=O. The van der Waals surface area contributed by atoms with Gasteiger partial charge in [-0.2, -0.15) is 0 Å². The van der Waals surface area contributed by atoms with Gasteiger partial charge in [0, 0.05) is 18.7 Å². The molecule has 1 N–H and O–H groups in total. The molecule has 0 saturated carbocycles. The number of sulfone groups is 1. The van der Waals surface area contributed by atoms with Crippen LogP contribution in [0.4, 0.5) is 0 Å². The van der Waals surface area contributed by atoms with Crippen molar-refractivity contribution in [3.8, 4) is 0 Å². The third kappa shape index (κ3) is 7.36. The largest absolute Gasteiger partial charge is 0.355 e. The van der Waals surface area contributed by atoms with Gasteiger partial charge in [0.1, 0.15) is 9.84 Å². The molecule has 0 bridgehead atoms. The van der Waals surface area contributed by atoms with Crippen LogP contribution in [0.3, 0.4) is 0 Å². The van der Waals surface area contributed by atoms with Crippen LogP contribution < -0.4 is 5.32 Å². The molecule has 0 aromatic heterocycles. The Bertz CT molecular complexity index is 318. The van der Waals surface area contributed by atoms with Crippen molar-refractivity contribution in [1.29, 1.82) is 0 Å². The average molecular weight is 235 g/mol. The first-order valence-electron chi connectivity index (χ1n) is 4.99. The standard InChI is InChI=1S/C10H21NO3S/c1-8(2)9(12)11-6-10(3,4)7-15(5,13)14/h8H,6-7H2,1-5H3,(H,11,12). The summed E-state index contributed by atoms with van der Waals surface area (Å²) in [5, 5.41) is 2.74. The summed E-state index contributed by atoms with van der Waals surface area (Å²) in [6.45, 7) is 7.65. The fraction of sp³-hybridized carbons (Fsp3) is 0.900. The third-order valence-corrected chi connectivity index (χ3v) is 3.22. The van der Waals surface area contributed by atoms with Gasteiger partial charge in [-0.1, -0.05) is 27.7 Å². The maximum absolute atomic E-state index is 11.3. The Balaban J connectivity index is 4.22. The molecule has 0 atom stereocenters. The number of nitrogens with one attached hydrogen (secondary N) is 1. The molecule has 0 aliphatic heterocycles. The molecule has 0 aromatic carbocycles. The van der Waals surface area contributed by atoms with Crippen molar-refractivity contribution >= 4 is 15.7 Å². The lowest BCUT2D eigenvalue weighted by Crippen LogP contribution is -2.39. The Morgan fingerprint density at radius 2 is 1.80 bits per heavy atom. The lowest BCUT2D eigenvalue weighted by Gasteiger charge is -2.24. The Morgan fingerprint density at radius 3 is 2.13 bits per heavy atom. The molecule has 15 heavy (non-hydrogen) atoms. The van der Waals surface area contributed by atoms with Crippen molar-refractivity contribution in [3.05, 3.63) is 0 Å². The van der Waals surface area contributed by atoms with Gasteiger partial charge in [0.25, 0.3) is 0 Å². The van der Waals surface area contributed by atoms with E-state index in [1.54, 1.807) is 13.8 Å². The number of amides is 1. The van der Waals surface area contributed by atoms with Gasteiger partial charge in [0.05, 0.1) is 5.75 Å². The minimum atomic E-state index is -3.00. The van der Waals surface area contributed by atoms with Gasteiger partial charge in [-0.3, -0.25) is 4.79 Å². The zero-order chi connectivity index (χ0) is 12.3. The first-order valence-corrected chi connectivity index (χ1v) is 7.05. The smallest absolute Gasteiger partial charge is 0.222 e. The molecule has 0 rings (SSSR count). The monoisotopic (exact) mass is 235 g/mol. The van der Waals surface area contributed by atoms with Gasteiger partial charge in [0.2, 0.25) is 5.91 Å². The summed E-state index contributed by atoms with van der Waals surface area (Å²) in [5.41, 5.74) is -0.419.